The molecule has 4 atom stereocenters. The molecule has 1 unspecified atom stereocenters. The molecular weight excluding hydrogens is 371 g/mol. The van der Waals surface area contributed by atoms with Crippen LogP contribution in [-0.4, -0.2) is 41.4 Å². The molecule has 3 N–H and O–H groups in total. The molecule has 0 saturated carbocycles. The van der Waals surface area contributed by atoms with Crippen molar-refractivity contribution in [3.05, 3.63) is 35.1 Å². The third-order valence-electron chi connectivity index (χ3n) is 5.92. The minimum atomic E-state index is -1.21. The number of fused-ring (bicyclic) bond motifs is 2. The molecule has 2 aliphatic rings. The lowest BCUT2D eigenvalue weighted by molar-refractivity contribution is -0.136. The molecule has 8 heteroatoms. The second-order valence-corrected chi connectivity index (χ2v) is 7.88. The van der Waals surface area contributed by atoms with Gasteiger partial charge in [0.1, 0.15) is 5.82 Å². The number of halogens is 3. The van der Waals surface area contributed by atoms with E-state index in [2.05, 4.69) is 5.32 Å². The lowest BCUT2D eigenvalue weighted by Gasteiger charge is -2.41. The number of nitrogens with two attached hydrogens (primary N) is 1. The second-order valence-electron chi connectivity index (χ2n) is 7.88. The second kappa shape index (κ2) is 8.51. The van der Waals surface area contributed by atoms with E-state index in [1.54, 1.807) is 0 Å². The van der Waals surface area contributed by atoms with Gasteiger partial charge in [0.2, 0.25) is 11.8 Å². The molecule has 2 bridgehead atoms. The number of rotatable bonds is 6. The summed E-state index contributed by atoms with van der Waals surface area (Å²) in [4.78, 5) is 25.4. The zero-order valence-corrected chi connectivity index (χ0v) is 15.9. The largest absolute Gasteiger partial charge is 0.356 e. The normalized spacial score (nSPS) is 24.9. The van der Waals surface area contributed by atoms with E-state index in [0.29, 0.717) is 12.6 Å². The van der Waals surface area contributed by atoms with Crippen molar-refractivity contribution in [3.8, 4) is 0 Å². The molecule has 28 heavy (non-hydrogen) atoms. The smallest absolute Gasteiger partial charge is 0.224 e. The number of hydrogen-bond donors (Lipinski definition) is 2. The molecule has 0 radical (unpaired) electrons. The van der Waals surface area contributed by atoms with Gasteiger partial charge in [0.15, 0.2) is 11.6 Å². The number of amides is 2. The molecule has 1 aromatic carbocycles. The van der Waals surface area contributed by atoms with Crippen LogP contribution in [0.1, 0.15) is 44.6 Å². The average Bonchev–Trinajstić information content (AvgIpc) is 2.89. The van der Waals surface area contributed by atoms with Gasteiger partial charge in [-0.1, -0.05) is 0 Å². The minimum absolute atomic E-state index is 0.0277. The summed E-state index contributed by atoms with van der Waals surface area (Å²) in [5.74, 6) is -3.13. The number of hydrogen-bond acceptors (Lipinski definition) is 3. The maximum atomic E-state index is 13.9. The molecule has 3 rings (SSSR count). The molecule has 0 aliphatic carbocycles. The minimum Gasteiger partial charge on any atom is -0.356 e. The molecule has 2 aliphatic heterocycles. The monoisotopic (exact) mass is 397 g/mol. The topological polar surface area (TPSA) is 75.4 Å². The number of carbonyl (C=O) groups excluding carboxylic acids is 2. The van der Waals surface area contributed by atoms with Crippen molar-refractivity contribution in [2.45, 2.75) is 63.6 Å². The van der Waals surface area contributed by atoms with Crippen molar-refractivity contribution in [2.75, 3.05) is 6.54 Å². The Bertz CT molecular complexity index is 744. The van der Waals surface area contributed by atoms with Crippen molar-refractivity contribution in [1.82, 2.24) is 10.2 Å². The summed E-state index contributed by atoms with van der Waals surface area (Å²) in [6.45, 7) is 1.74. The fourth-order valence-corrected chi connectivity index (χ4v) is 4.59. The zero-order chi connectivity index (χ0) is 20.4. The van der Waals surface area contributed by atoms with E-state index in [-0.39, 0.29) is 54.3 Å². The lowest BCUT2D eigenvalue weighted by Crippen LogP contribution is -2.50. The molecule has 1 aromatic rings. The third-order valence-corrected chi connectivity index (χ3v) is 5.92. The lowest BCUT2D eigenvalue weighted by atomic mass is 9.82. The maximum absolute atomic E-state index is 13.9. The van der Waals surface area contributed by atoms with E-state index in [0.717, 1.165) is 31.7 Å². The molecule has 0 aromatic heterocycles. The van der Waals surface area contributed by atoms with Crippen molar-refractivity contribution in [3.63, 3.8) is 0 Å². The van der Waals surface area contributed by atoms with Crippen LogP contribution in [0.4, 0.5) is 13.2 Å². The van der Waals surface area contributed by atoms with Gasteiger partial charge in [-0.3, -0.25) is 9.59 Å². The first-order valence-corrected chi connectivity index (χ1v) is 9.70. The van der Waals surface area contributed by atoms with Gasteiger partial charge in [-0.15, -0.1) is 0 Å². The summed E-state index contributed by atoms with van der Waals surface area (Å²) in [5.41, 5.74) is 6.37. The predicted molar refractivity (Wildman–Crippen MR) is 97.7 cm³/mol. The highest BCUT2D eigenvalue weighted by Gasteiger charge is 2.44. The van der Waals surface area contributed by atoms with Gasteiger partial charge in [0.25, 0.3) is 0 Å². The molecule has 2 amide bonds. The van der Waals surface area contributed by atoms with E-state index in [9.17, 15) is 22.8 Å². The first kappa shape index (κ1) is 20.6. The van der Waals surface area contributed by atoms with E-state index in [1.165, 1.54) is 6.92 Å². The van der Waals surface area contributed by atoms with Gasteiger partial charge in [0, 0.05) is 44.1 Å². The first-order valence-electron chi connectivity index (χ1n) is 9.70. The molecular formula is C20H26F3N3O2. The number of carbonyl (C=O) groups is 2. The van der Waals surface area contributed by atoms with E-state index >= 15 is 0 Å². The summed E-state index contributed by atoms with van der Waals surface area (Å²) in [7, 11) is 0. The summed E-state index contributed by atoms with van der Waals surface area (Å²) in [5, 5.41) is 2.63. The van der Waals surface area contributed by atoms with Crippen molar-refractivity contribution in [1.29, 1.82) is 0 Å². The molecule has 0 spiro atoms. The van der Waals surface area contributed by atoms with Gasteiger partial charge in [-0.25, -0.2) is 13.2 Å². The van der Waals surface area contributed by atoms with Crippen LogP contribution in [0.5, 0.6) is 0 Å². The number of nitrogens with zero attached hydrogens (tertiary/aromatic N) is 1. The van der Waals surface area contributed by atoms with Crippen LogP contribution in [0.25, 0.3) is 0 Å². The molecule has 5 nitrogen and oxygen atoms in total. The number of benzene rings is 1. The third kappa shape index (κ3) is 4.48. The van der Waals surface area contributed by atoms with Gasteiger partial charge < -0.3 is 16.0 Å². The van der Waals surface area contributed by atoms with E-state index < -0.39 is 17.5 Å². The van der Waals surface area contributed by atoms with Crippen LogP contribution in [-0.2, 0) is 16.0 Å². The quantitative estimate of drug-likeness (QED) is 0.723. The molecule has 2 saturated heterocycles. The van der Waals surface area contributed by atoms with Crippen LogP contribution in [0.3, 0.4) is 0 Å². The summed E-state index contributed by atoms with van der Waals surface area (Å²) in [6, 6.07) is 1.22. The van der Waals surface area contributed by atoms with Crippen LogP contribution >= 0.6 is 0 Å². The Morgan fingerprint density at radius 1 is 1.14 bits per heavy atom. The highest BCUT2D eigenvalue weighted by molar-refractivity contribution is 5.79. The van der Waals surface area contributed by atoms with Gasteiger partial charge >= 0.3 is 0 Å². The highest BCUT2D eigenvalue weighted by atomic mass is 19.2. The predicted octanol–water partition coefficient (Wildman–Crippen LogP) is 2.27. The first-order chi connectivity index (χ1) is 13.3. The Hall–Kier alpha value is -2.09. The van der Waals surface area contributed by atoms with Crippen molar-refractivity contribution >= 4 is 11.8 Å². The Labute approximate surface area is 162 Å². The maximum Gasteiger partial charge on any atom is 0.224 e. The van der Waals surface area contributed by atoms with Crippen molar-refractivity contribution < 1.29 is 22.8 Å². The van der Waals surface area contributed by atoms with Gasteiger partial charge in [-0.05, 0) is 49.7 Å². The highest BCUT2D eigenvalue weighted by Crippen LogP contribution is 2.40. The van der Waals surface area contributed by atoms with E-state index in [4.69, 9.17) is 5.73 Å². The fraction of sp³-hybridized carbons (Fsp3) is 0.600. The summed E-state index contributed by atoms with van der Waals surface area (Å²) >= 11 is 0. The number of piperidine rings is 1. The summed E-state index contributed by atoms with van der Waals surface area (Å²) in [6.07, 6.45) is 3.63. The van der Waals surface area contributed by atoms with E-state index in [1.807, 2.05) is 4.90 Å². The summed E-state index contributed by atoms with van der Waals surface area (Å²) < 4.78 is 40.5. The Kier molecular flexibility index (Phi) is 6.27. The molecule has 2 fully saturated rings. The SMILES string of the molecule is CC(=O)NCCC(=O)N1[C@@H]2CC[C@H]1CC([C@H](N)Cc1cc(F)c(F)cc1F)C2. The fourth-order valence-electron chi connectivity index (χ4n) is 4.59. The number of nitrogens with one attached hydrogen (secondary N) is 1. The standard InChI is InChI=1S/C20H26F3N3O2/c1-11(27)25-5-4-20(28)26-14-2-3-15(26)7-13(6-14)19(24)9-12-8-17(22)18(23)10-16(12)21/h8,10,13-15,19H,2-7,9,24H2,1H3,(H,25,27)/t13?,14-,15+,19-/m1/s1. The average molecular weight is 397 g/mol. The van der Waals surface area contributed by atoms with Crippen LogP contribution in [0.2, 0.25) is 0 Å². The molecule has 2 heterocycles. The van der Waals surface area contributed by atoms with Crippen LogP contribution in [0.15, 0.2) is 12.1 Å². The van der Waals surface area contributed by atoms with Crippen LogP contribution < -0.4 is 11.1 Å². The van der Waals surface area contributed by atoms with Gasteiger partial charge in [0.05, 0.1) is 0 Å². The Morgan fingerprint density at radius 3 is 2.36 bits per heavy atom. The Balaban J connectivity index is 1.59. The molecule has 154 valence electrons. The van der Waals surface area contributed by atoms with Gasteiger partial charge in [-0.2, -0.15) is 0 Å². The van der Waals surface area contributed by atoms with Crippen LogP contribution in [0, 0.1) is 23.4 Å². The zero-order valence-electron chi connectivity index (χ0n) is 15.9. The Morgan fingerprint density at radius 2 is 1.75 bits per heavy atom. The van der Waals surface area contributed by atoms with Crippen molar-refractivity contribution in [2.24, 2.45) is 11.7 Å².